The first-order valence-electron chi connectivity index (χ1n) is 6.69. The topological polar surface area (TPSA) is 49.8 Å². The van der Waals surface area contributed by atoms with Crippen LogP contribution in [0.2, 0.25) is 0 Å². The van der Waals surface area contributed by atoms with Crippen LogP contribution in [0, 0.1) is 5.41 Å². The van der Waals surface area contributed by atoms with Gasteiger partial charge in [-0.3, -0.25) is 4.90 Å². The summed E-state index contributed by atoms with van der Waals surface area (Å²) >= 11 is 0. The zero-order valence-electron chi connectivity index (χ0n) is 10.4. The molecule has 0 atom stereocenters. The van der Waals surface area contributed by atoms with E-state index in [1.165, 1.54) is 19.3 Å². The molecule has 0 radical (unpaired) electrons. The smallest absolute Gasteiger partial charge is 0.127 e. The van der Waals surface area contributed by atoms with E-state index < -0.39 is 0 Å². The normalized spacial score (nSPS) is 24.6. The maximum Gasteiger partial charge on any atom is 0.127 e. The Balaban J connectivity index is 1.95. The molecule has 1 heterocycles. The second-order valence-corrected chi connectivity index (χ2v) is 5.37. The van der Waals surface area contributed by atoms with E-state index in [1.54, 1.807) is 0 Å². The fraction of sp³-hybridized carbons (Fsp3) is 0.923. The first-order valence-corrected chi connectivity index (χ1v) is 6.69. The van der Waals surface area contributed by atoms with Gasteiger partial charge in [0.2, 0.25) is 0 Å². The number of hydrogen-bond donors (Lipinski definition) is 1. The predicted molar refractivity (Wildman–Crippen MR) is 64.8 cm³/mol. The maximum absolute atomic E-state index is 11.4. The lowest BCUT2D eigenvalue weighted by molar-refractivity contribution is -0.124. The van der Waals surface area contributed by atoms with Gasteiger partial charge in [0, 0.05) is 37.8 Å². The maximum atomic E-state index is 11.4. The lowest BCUT2D eigenvalue weighted by Crippen LogP contribution is -2.49. The first-order chi connectivity index (χ1) is 8.29. The zero-order valence-corrected chi connectivity index (χ0v) is 10.4. The van der Waals surface area contributed by atoms with Crippen LogP contribution in [0.4, 0.5) is 0 Å². The first kappa shape index (κ1) is 13.0. The molecular formula is C13H23NO3. The molecule has 0 aromatic carbocycles. The van der Waals surface area contributed by atoms with E-state index in [2.05, 4.69) is 4.90 Å². The Morgan fingerprint density at radius 3 is 2.53 bits per heavy atom. The lowest BCUT2D eigenvalue weighted by Gasteiger charge is -2.43. The van der Waals surface area contributed by atoms with E-state index in [1.807, 2.05) is 0 Å². The van der Waals surface area contributed by atoms with Crippen molar-refractivity contribution in [2.24, 2.45) is 5.41 Å². The summed E-state index contributed by atoms with van der Waals surface area (Å²) in [6, 6.07) is 0.585. The van der Waals surface area contributed by atoms with Crippen molar-refractivity contribution in [1.29, 1.82) is 0 Å². The van der Waals surface area contributed by atoms with Crippen molar-refractivity contribution >= 4 is 6.29 Å². The minimum Gasteiger partial charge on any atom is -0.395 e. The quantitative estimate of drug-likeness (QED) is 0.700. The molecule has 1 saturated heterocycles. The van der Waals surface area contributed by atoms with Crippen LogP contribution in [-0.2, 0) is 9.53 Å². The highest BCUT2D eigenvalue weighted by molar-refractivity contribution is 5.60. The van der Waals surface area contributed by atoms with Crippen molar-refractivity contribution in [3.63, 3.8) is 0 Å². The third-order valence-electron chi connectivity index (χ3n) is 4.23. The molecule has 17 heavy (non-hydrogen) atoms. The van der Waals surface area contributed by atoms with E-state index in [-0.39, 0.29) is 12.0 Å². The van der Waals surface area contributed by atoms with Crippen LogP contribution in [-0.4, -0.2) is 55.2 Å². The van der Waals surface area contributed by atoms with Crippen molar-refractivity contribution in [3.05, 3.63) is 0 Å². The van der Waals surface area contributed by atoms with Gasteiger partial charge in [0.15, 0.2) is 0 Å². The van der Waals surface area contributed by atoms with Crippen molar-refractivity contribution in [2.45, 2.75) is 38.1 Å². The molecule has 0 spiro atoms. The molecule has 0 bridgehead atoms. The molecule has 1 saturated carbocycles. The Hall–Kier alpha value is -0.450. The van der Waals surface area contributed by atoms with Crippen molar-refractivity contribution in [1.82, 2.24) is 4.90 Å². The highest BCUT2D eigenvalue weighted by Crippen LogP contribution is 2.33. The minimum absolute atomic E-state index is 0.182. The monoisotopic (exact) mass is 241 g/mol. The summed E-state index contributed by atoms with van der Waals surface area (Å²) in [5, 5.41) is 9.14. The zero-order chi connectivity index (χ0) is 12.1. The van der Waals surface area contributed by atoms with E-state index in [0.29, 0.717) is 25.8 Å². The van der Waals surface area contributed by atoms with Gasteiger partial charge in [-0.25, -0.2) is 0 Å². The number of ether oxygens (including phenoxy) is 1. The number of carbonyl (C=O) groups excluding carboxylic acids is 1. The number of hydrogen-bond acceptors (Lipinski definition) is 4. The average molecular weight is 241 g/mol. The molecule has 1 aliphatic carbocycles. The number of nitrogens with zero attached hydrogens (tertiary/aromatic N) is 1. The Morgan fingerprint density at radius 2 is 2.06 bits per heavy atom. The predicted octanol–water partition coefficient (Wildman–Crippen LogP) is 0.829. The Morgan fingerprint density at radius 1 is 1.35 bits per heavy atom. The molecule has 0 unspecified atom stereocenters. The highest BCUT2D eigenvalue weighted by Gasteiger charge is 2.37. The molecule has 2 fully saturated rings. The average Bonchev–Trinajstić information content (AvgIpc) is 2.28. The van der Waals surface area contributed by atoms with Gasteiger partial charge >= 0.3 is 0 Å². The molecule has 0 aromatic heterocycles. The number of rotatable bonds is 6. The van der Waals surface area contributed by atoms with Crippen molar-refractivity contribution in [2.75, 3.05) is 32.9 Å². The van der Waals surface area contributed by atoms with Crippen LogP contribution in [0.25, 0.3) is 0 Å². The number of aldehydes is 1. The number of aliphatic hydroxyl groups is 1. The molecule has 1 N–H and O–H groups in total. The largest absolute Gasteiger partial charge is 0.395 e. The third-order valence-corrected chi connectivity index (χ3v) is 4.23. The SMILES string of the molecule is O=CC1(CN(CCO)C2CCC2)CCOCC1. The summed E-state index contributed by atoms with van der Waals surface area (Å²) in [7, 11) is 0. The van der Waals surface area contributed by atoms with Crippen LogP contribution < -0.4 is 0 Å². The molecule has 0 aromatic rings. The van der Waals surface area contributed by atoms with Crippen LogP contribution >= 0.6 is 0 Å². The van der Waals surface area contributed by atoms with Crippen LogP contribution in [0.15, 0.2) is 0 Å². The Bertz CT molecular complexity index is 247. The van der Waals surface area contributed by atoms with Gasteiger partial charge < -0.3 is 14.6 Å². The van der Waals surface area contributed by atoms with Crippen molar-refractivity contribution in [3.8, 4) is 0 Å². The van der Waals surface area contributed by atoms with E-state index in [0.717, 1.165) is 25.7 Å². The van der Waals surface area contributed by atoms with Crippen LogP contribution in [0.1, 0.15) is 32.1 Å². The molecule has 4 nitrogen and oxygen atoms in total. The van der Waals surface area contributed by atoms with Crippen LogP contribution in [0.5, 0.6) is 0 Å². The molecule has 0 amide bonds. The van der Waals surface area contributed by atoms with E-state index >= 15 is 0 Å². The second kappa shape index (κ2) is 5.94. The number of aliphatic hydroxyl groups excluding tert-OH is 1. The fourth-order valence-corrected chi connectivity index (χ4v) is 2.77. The van der Waals surface area contributed by atoms with Gasteiger partial charge in [-0.1, -0.05) is 6.42 Å². The summed E-state index contributed by atoms with van der Waals surface area (Å²) in [6.07, 6.45) is 6.48. The summed E-state index contributed by atoms with van der Waals surface area (Å²) in [4.78, 5) is 13.7. The van der Waals surface area contributed by atoms with Gasteiger partial charge in [-0.05, 0) is 25.7 Å². The molecule has 1 aliphatic heterocycles. The van der Waals surface area contributed by atoms with Gasteiger partial charge in [0.1, 0.15) is 6.29 Å². The second-order valence-electron chi connectivity index (χ2n) is 5.37. The van der Waals surface area contributed by atoms with E-state index in [9.17, 15) is 4.79 Å². The summed E-state index contributed by atoms with van der Waals surface area (Å²) < 4.78 is 5.34. The molecule has 4 heteroatoms. The molecule has 2 rings (SSSR count). The molecule has 2 aliphatic rings. The lowest BCUT2D eigenvalue weighted by atomic mass is 9.79. The van der Waals surface area contributed by atoms with Crippen LogP contribution in [0.3, 0.4) is 0 Å². The van der Waals surface area contributed by atoms with Crippen molar-refractivity contribution < 1.29 is 14.6 Å². The Labute approximate surface area is 103 Å². The standard InChI is InChI=1S/C13H23NO3/c15-7-6-14(12-2-1-3-12)10-13(11-16)4-8-17-9-5-13/h11-12,15H,1-10H2. The highest BCUT2D eigenvalue weighted by atomic mass is 16.5. The van der Waals surface area contributed by atoms with Gasteiger partial charge in [0.05, 0.1) is 6.61 Å². The third kappa shape index (κ3) is 3.06. The summed E-state index contributed by atoms with van der Waals surface area (Å²) in [5.41, 5.74) is -0.233. The fourth-order valence-electron chi connectivity index (χ4n) is 2.77. The van der Waals surface area contributed by atoms with Gasteiger partial charge in [0.25, 0.3) is 0 Å². The Kier molecular flexibility index (Phi) is 4.54. The minimum atomic E-state index is -0.233. The summed E-state index contributed by atoms with van der Waals surface area (Å²) in [5.74, 6) is 0. The molecule has 98 valence electrons. The number of carbonyl (C=O) groups is 1. The van der Waals surface area contributed by atoms with E-state index in [4.69, 9.17) is 9.84 Å². The van der Waals surface area contributed by atoms with Gasteiger partial charge in [-0.15, -0.1) is 0 Å². The molecular weight excluding hydrogens is 218 g/mol. The van der Waals surface area contributed by atoms with Gasteiger partial charge in [-0.2, -0.15) is 0 Å². The summed E-state index contributed by atoms with van der Waals surface area (Å²) in [6.45, 7) is 3.06.